The number of hydrogen-bond acceptors (Lipinski definition) is 5. The highest BCUT2D eigenvalue weighted by Crippen LogP contribution is 2.38. The molecule has 1 fully saturated rings. The van der Waals surface area contributed by atoms with E-state index in [1.165, 1.54) is 11.3 Å². The molecule has 1 aromatic heterocycles. The lowest BCUT2D eigenvalue weighted by molar-refractivity contribution is -0.141. The summed E-state index contributed by atoms with van der Waals surface area (Å²) in [4.78, 5) is 27.5. The molecule has 2 aromatic rings. The first kappa shape index (κ1) is 14.7. The fourth-order valence-corrected chi connectivity index (χ4v) is 3.17. The van der Waals surface area contributed by atoms with Gasteiger partial charge < -0.3 is 10.1 Å². The lowest BCUT2D eigenvalue weighted by Crippen LogP contribution is -2.15. The number of nitrogens with one attached hydrogen (secondary N) is 1. The van der Waals surface area contributed by atoms with Crippen LogP contribution in [0.1, 0.15) is 30.9 Å². The molecule has 1 saturated heterocycles. The van der Waals surface area contributed by atoms with Crippen LogP contribution < -0.4 is 5.32 Å². The highest BCUT2D eigenvalue weighted by atomic mass is 32.1. The minimum atomic E-state index is -0.249. The molecule has 1 amide bonds. The third kappa shape index (κ3) is 3.51. The van der Waals surface area contributed by atoms with Crippen molar-refractivity contribution in [2.24, 2.45) is 5.92 Å². The molecule has 3 rings (SSSR count). The maximum atomic E-state index is 11.9. The predicted molar refractivity (Wildman–Crippen MR) is 83.4 cm³/mol. The van der Waals surface area contributed by atoms with Crippen LogP contribution in [-0.2, 0) is 14.3 Å². The van der Waals surface area contributed by atoms with E-state index < -0.39 is 0 Å². The van der Waals surface area contributed by atoms with Crippen LogP contribution in [-0.4, -0.2) is 16.9 Å². The molecular formula is C16H16N2O3S. The first-order valence-electron chi connectivity index (χ1n) is 7.16. The molecule has 1 aromatic carbocycles. The number of rotatable bonds is 5. The number of hydrogen-bond donors (Lipinski definition) is 1. The number of carbonyl (C=O) groups excluding carboxylic acids is 2. The summed E-state index contributed by atoms with van der Waals surface area (Å²) in [7, 11) is 0. The third-order valence-electron chi connectivity index (χ3n) is 3.66. The minimum Gasteiger partial charge on any atom is -0.457 e. The second kappa shape index (κ2) is 6.70. The first-order valence-corrected chi connectivity index (χ1v) is 8.04. The van der Waals surface area contributed by atoms with E-state index in [1.54, 1.807) is 6.20 Å². The maximum Gasteiger partial charge on any atom is 0.306 e. The summed E-state index contributed by atoms with van der Waals surface area (Å²) in [5, 5.41) is 5.16. The van der Waals surface area contributed by atoms with E-state index in [-0.39, 0.29) is 23.9 Å². The van der Waals surface area contributed by atoms with Crippen LogP contribution in [0.4, 0.5) is 5.13 Å². The molecule has 6 heteroatoms. The van der Waals surface area contributed by atoms with E-state index in [4.69, 9.17) is 4.74 Å². The monoisotopic (exact) mass is 316 g/mol. The second-order valence-electron chi connectivity index (χ2n) is 5.21. The topological polar surface area (TPSA) is 68.3 Å². The van der Waals surface area contributed by atoms with Crippen molar-refractivity contribution in [3.8, 4) is 0 Å². The quantitative estimate of drug-likeness (QED) is 0.860. The number of thiazole rings is 1. The Kier molecular flexibility index (Phi) is 4.48. The average Bonchev–Trinajstić information content (AvgIpc) is 3.15. The number of nitrogens with zero attached hydrogens (tertiary/aromatic N) is 1. The van der Waals surface area contributed by atoms with Crippen LogP contribution in [0.2, 0.25) is 0 Å². The smallest absolute Gasteiger partial charge is 0.306 e. The molecule has 1 aliphatic rings. The van der Waals surface area contributed by atoms with Crippen molar-refractivity contribution in [2.45, 2.75) is 25.4 Å². The number of esters is 1. The Labute approximate surface area is 132 Å². The largest absolute Gasteiger partial charge is 0.457 e. The molecule has 114 valence electrons. The Morgan fingerprint density at radius 3 is 2.91 bits per heavy atom. The molecule has 2 heterocycles. The lowest BCUT2D eigenvalue weighted by Gasteiger charge is -2.17. The minimum absolute atomic E-state index is 0.0388. The number of anilines is 1. The zero-order valence-electron chi connectivity index (χ0n) is 11.9. The van der Waals surface area contributed by atoms with Gasteiger partial charge >= 0.3 is 5.97 Å². The van der Waals surface area contributed by atoms with Crippen LogP contribution in [0, 0.1) is 5.92 Å². The molecule has 0 aliphatic carbocycles. The number of amides is 1. The zero-order chi connectivity index (χ0) is 15.4. The Morgan fingerprint density at radius 2 is 2.18 bits per heavy atom. The van der Waals surface area contributed by atoms with Gasteiger partial charge in [0.2, 0.25) is 5.91 Å². The number of ether oxygens (including phenoxy) is 1. The second-order valence-corrected chi connectivity index (χ2v) is 6.10. The van der Waals surface area contributed by atoms with Gasteiger partial charge in [0.1, 0.15) is 6.10 Å². The molecule has 22 heavy (non-hydrogen) atoms. The van der Waals surface area contributed by atoms with E-state index in [2.05, 4.69) is 10.3 Å². The highest BCUT2D eigenvalue weighted by molar-refractivity contribution is 7.13. The van der Waals surface area contributed by atoms with Gasteiger partial charge in [-0.3, -0.25) is 9.59 Å². The Hall–Kier alpha value is -2.21. The van der Waals surface area contributed by atoms with Crippen LogP contribution >= 0.6 is 11.3 Å². The van der Waals surface area contributed by atoms with Gasteiger partial charge in [-0.2, -0.15) is 0 Å². The standard InChI is InChI=1S/C16H16N2O3S/c19-13(18-16-17-8-9-22-16)7-6-12-10-14(20)21-15(12)11-4-2-1-3-5-11/h1-5,8-9,12,15H,6-7,10H2,(H,17,18,19)/t12-,15-/m1/s1. The van der Waals surface area contributed by atoms with Gasteiger partial charge in [-0.1, -0.05) is 30.3 Å². The van der Waals surface area contributed by atoms with Crippen molar-refractivity contribution >= 4 is 28.3 Å². The van der Waals surface area contributed by atoms with Gasteiger partial charge in [-0.05, 0) is 12.0 Å². The molecular weight excluding hydrogens is 300 g/mol. The number of carbonyl (C=O) groups is 2. The Morgan fingerprint density at radius 1 is 1.36 bits per heavy atom. The molecule has 2 atom stereocenters. The molecule has 5 nitrogen and oxygen atoms in total. The van der Waals surface area contributed by atoms with Gasteiger partial charge in [0.05, 0.1) is 6.42 Å². The summed E-state index contributed by atoms with van der Waals surface area (Å²) in [6.07, 6.45) is 2.73. The van der Waals surface area contributed by atoms with E-state index in [9.17, 15) is 9.59 Å². The van der Waals surface area contributed by atoms with Crippen molar-refractivity contribution in [1.82, 2.24) is 4.98 Å². The first-order chi connectivity index (χ1) is 10.7. The van der Waals surface area contributed by atoms with Gasteiger partial charge in [-0.25, -0.2) is 4.98 Å². The van der Waals surface area contributed by atoms with Crippen LogP contribution in [0.5, 0.6) is 0 Å². The Bertz CT molecular complexity index is 643. The summed E-state index contributed by atoms with van der Waals surface area (Å²) in [6, 6.07) is 9.68. The third-order valence-corrected chi connectivity index (χ3v) is 4.35. The van der Waals surface area contributed by atoms with Crippen molar-refractivity contribution < 1.29 is 14.3 Å². The molecule has 0 spiro atoms. The van der Waals surface area contributed by atoms with E-state index in [1.807, 2.05) is 35.7 Å². The maximum absolute atomic E-state index is 11.9. The van der Waals surface area contributed by atoms with Crippen LogP contribution in [0.25, 0.3) is 0 Å². The van der Waals surface area contributed by atoms with Crippen molar-refractivity contribution in [2.75, 3.05) is 5.32 Å². The number of benzene rings is 1. The van der Waals surface area contributed by atoms with E-state index in [0.29, 0.717) is 24.4 Å². The summed E-state index contributed by atoms with van der Waals surface area (Å²) in [5.74, 6) is -0.239. The average molecular weight is 316 g/mol. The fourth-order valence-electron chi connectivity index (χ4n) is 2.63. The van der Waals surface area contributed by atoms with Crippen LogP contribution in [0.3, 0.4) is 0 Å². The Balaban J connectivity index is 1.58. The van der Waals surface area contributed by atoms with Crippen molar-refractivity contribution in [3.05, 3.63) is 47.5 Å². The number of aromatic nitrogens is 1. The number of cyclic esters (lactones) is 1. The molecule has 1 N–H and O–H groups in total. The lowest BCUT2D eigenvalue weighted by atomic mass is 9.91. The molecule has 0 unspecified atom stereocenters. The molecule has 0 bridgehead atoms. The van der Waals surface area contributed by atoms with Crippen molar-refractivity contribution in [1.29, 1.82) is 0 Å². The van der Waals surface area contributed by atoms with Gasteiger partial charge in [-0.15, -0.1) is 11.3 Å². The van der Waals surface area contributed by atoms with E-state index in [0.717, 1.165) is 5.56 Å². The summed E-state index contributed by atoms with van der Waals surface area (Å²) < 4.78 is 5.42. The highest BCUT2D eigenvalue weighted by Gasteiger charge is 2.35. The summed E-state index contributed by atoms with van der Waals surface area (Å²) >= 11 is 1.39. The van der Waals surface area contributed by atoms with Gasteiger partial charge in [0, 0.05) is 23.9 Å². The van der Waals surface area contributed by atoms with Crippen molar-refractivity contribution in [3.63, 3.8) is 0 Å². The van der Waals surface area contributed by atoms with Gasteiger partial charge in [0.15, 0.2) is 5.13 Å². The molecule has 1 aliphatic heterocycles. The van der Waals surface area contributed by atoms with E-state index >= 15 is 0 Å². The predicted octanol–water partition coefficient (Wildman–Crippen LogP) is 3.17. The zero-order valence-corrected chi connectivity index (χ0v) is 12.7. The molecule has 0 radical (unpaired) electrons. The normalized spacial score (nSPS) is 20.6. The van der Waals surface area contributed by atoms with Crippen LogP contribution in [0.15, 0.2) is 41.9 Å². The summed E-state index contributed by atoms with van der Waals surface area (Å²) in [6.45, 7) is 0. The summed E-state index contributed by atoms with van der Waals surface area (Å²) in [5.41, 5.74) is 0.985. The SMILES string of the molecule is O=C(CC[C@@H]1CC(=O)O[C@@H]1c1ccccc1)Nc1nccs1. The fraction of sp³-hybridized carbons (Fsp3) is 0.312. The van der Waals surface area contributed by atoms with Gasteiger partial charge in [0.25, 0.3) is 0 Å². The molecule has 0 saturated carbocycles.